The molecular weight excluding hydrogens is 309 g/mol. The quantitative estimate of drug-likeness (QED) is 0.902. The van der Waals surface area contributed by atoms with Crippen LogP contribution in [0.15, 0.2) is 18.2 Å². The summed E-state index contributed by atoms with van der Waals surface area (Å²) in [5, 5.41) is 4.41. The minimum absolute atomic E-state index is 0.191. The molecule has 0 spiro atoms. The van der Waals surface area contributed by atoms with Crippen LogP contribution in [0.5, 0.6) is 0 Å². The Morgan fingerprint density at radius 1 is 1.24 bits per heavy atom. The third-order valence-corrected chi connectivity index (χ3v) is 4.32. The van der Waals surface area contributed by atoms with Crippen molar-refractivity contribution < 1.29 is 4.79 Å². The lowest BCUT2D eigenvalue weighted by Gasteiger charge is -2.34. The molecule has 116 valence electrons. The van der Waals surface area contributed by atoms with Crippen LogP contribution in [0.2, 0.25) is 10.0 Å². The van der Waals surface area contributed by atoms with E-state index in [0.717, 1.165) is 38.4 Å². The first-order valence-electron chi connectivity index (χ1n) is 7.29. The fraction of sp³-hybridized carbons (Fsp3) is 0.533. The molecule has 0 aliphatic carbocycles. The maximum absolute atomic E-state index is 12.1. The highest BCUT2D eigenvalue weighted by molar-refractivity contribution is 6.35. The molecule has 2 rings (SSSR count). The Labute approximate surface area is 136 Å². The summed E-state index contributed by atoms with van der Waals surface area (Å²) in [6.07, 6.45) is 0.467. The van der Waals surface area contributed by atoms with E-state index in [1.807, 2.05) is 4.90 Å². The van der Waals surface area contributed by atoms with Gasteiger partial charge in [-0.3, -0.25) is 4.79 Å². The molecule has 1 heterocycles. The third-order valence-electron chi connectivity index (χ3n) is 3.75. The second kappa shape index (κ2) is 7.87. The minimum Gasteiger partial charge on any atom is -0.383 e. The van der Waals surface area contributed by atoms with E-state index in [1.54, 1.807) is 18.2 Å². The molecule has 1 aliphatic heterocycles. The fourth-order valence-electron chi connectivity index (χ4n) is 2.41. The molecule has 1 fully saturated rings. The van der Waals surface area contributed by atoms with Gasteiger partial charge in [-0.25, -0.2) is 0 Å². The normalized spacial score (nSPS) is 16.0. The van der Waals surface area contributed by atoms with Gasteiger partial charge in [-0.1, -0.05) is 30.1 Å². The number of carbonyl (C=O) groups is 1. The maximum atomic E-state index is 12.1. The predicted molar refractivity (Wildman–Crippen MR) is 88.3 cm³/mol. The number of rotatable bonds is 5. The average Bonchev–Trinajstić information content (AvgIpc) is 2.50. The molecule has 1 aliphatic rings. The summed E-state index contributed by atoms with van der Waals surface area (Å²) in [7, 11) is 0. The monoisotopic (exact) mass is 329 g/mol. The minimum atomic E-state index is 0.191. The SMILES string of the molecule is CCN1CCN(C(=O)CCNc2cc(Cl)ccc2Cl)CC1. The summed E-state index contributed by atoms with van der Waals surface area (Å²) in [6.45, 7) is 7.35. The topological polar surface area (TPSA) is 35.6 Å². The Bertz CT molecular complexity index is 488. The summed E-state index contributed by atoms with van der Waals surface area (Å²) in [4.78, 5) is 16.4. The van der Waals surface area contributed by atoms with Gasteiger partial charge in [0.15, 0.2) is 0 Å². The van der Waals surface area contributed by atoms with Crippen LogP contribution in [-0.4, -0.2) is 55.0 Å². The zero-order valence-electron chi connectivity index (χ0n) is 12.2. The van der Waals surface area contributed by atoms with E-state index >= 15 is 0 Å². The van der Waals surface area contributed by atoms with Crippen molar-refractivity contribution in [3.63, 3.8) is 0 Å². The standard InChI is InChI=1S/C15H21Cl2N3O/c1-2-19-7-9-20(10-8-19)15(21)5-6-18-14-11-12(16)3-4-13(14)17/h3-4,11,18H,2,5-10H2,1H3. The lowest BCUT2D eigenvalue weighted by molar-refractivity contribution is -0.132. The van der Waals surface area contributed by atoms with Crippen molar-refractivity contribution in [2.45, 2.75) is 13.3 Å². The van der Waals surface area contributed by atoms with Gasteiger partial charge in [0, 0.05) is 44.2 Å². The zero-order chi connectivity index (χ0) is 15.2. The van der Waals surface area contributed by atoms with Gasteiger partial charge in [0.2, 0.25) is 5.91 Å². The van der Waals surface area contributed by atoms with Crippen LogP contribution < -0.4 is 5.32 Å². The zero-order valence-corrected chi connectivity index (χ0v) is 13.8. The average molecular weight is 330 g/mol. The van der Waals surface area contributed by atoms with Crippen LogP contribution in [0.1, 0.15) is 13.3 Å². The number of carbonyl (C=O) groups excluding carboxylic acids is 1. The highest BCUT2D eigenvalue weighted by atomic mass is 35.5. The molecular formula is C15H21Cl2N3O. The number of amides is 1. The van der Waals surface area contributed by atoms with Crippen LogP contribution in [0.3, 0.4) is 0 Å². The van der Waals surface area contributed by atoms with Gasteiger partial charge in [-0.05, 0) is 24.7 Å². The molecule has 0 bridgehead atoms. The number of likely N-dealkylation sites (N-methyl/N-ethyl adjacent to an activating group) is 1. The van der Waals surface area contributed by atoms with E-state index in [4.69, 9.17) is 23.2 Å². The summed E-state index contributed by atoms with van der Waals surface area (Å²) in [6, 6.07) is 5.26. The number of hydrogen-bond donors (Lipinski definition) is 1. The summed E-state index contributed by atoms with van der Waals surface area (Å²) in [5.41, 5.74) is 0.771. The molecule has 4 nitrogen and oxygen atoms in total. The lowest BCUT2D eigenvalue weighted by atomic mass is 10.2. The van der Waals surface area contributed by atoms with Crippen LogP contribution in [0, 0.1) is 0 Å². The maximum Gasteiger partial charge on any atom is 0.224 e. The molecule has 1 aromatic rings. The highest BCUT2D eigenvalue weighted by Gasteiger charge is 2.19. The van der Waals surface area contributed by atoms with Crippen molar-refractivity contribution in [2.75, 3.05) is 44.6 Å². The first-order valence-corrected chi connectivity index (χ1v) is 8.05. The first-order chi connectivity index (χ1) is 10.1. The van der Waals surface area contributed by atoms with E-state index < -0.39 is 0 Å². The molecule has 21 heavy (non-hydrogen) atoms. The number of anilines is 1. The van der Waals surface area contributed by atoms with Crippen LogP contribution in [0.4, 0.5) is 5.69 Å². The number of benzene rings is 1. The van der Waals surface area contributed by atoms with Gasteiger partial charge in [0.25, 0.3) is 0 Å². The number of piperazine rings is 1. The van der Waals surface area contributed by atoms with E-state index in [2.05, 4.69) is 17.1 Å². The molecule has 0 unspecified atom stereocenters. The molecule has 0 saturated carbocycles. The highest BCUT2D eigenvalue weighted by Crippen LogP contribution is 2.25. The molecule has 1 aromatic carbocycles. The molecule has 0 atom stereocenters. The van der Waals surface area contributed by atoms with Gasteiger partial charge in [-0.15, -0.1) is 0 Å². The lowest BCUT2D eigenvalue weighted by Crippen LogP contribution is -2.48. The van der Waals surface area contributed by atoms with Crippen LogP contribution in [-0.2, 0) is 4.79 Å². The Morgan fingerprint density at radius 3 is 2.62 bits per heavy atom. The number of hydrogen-bond acceptors (Lipinski definition) is 3. The molecule has 0 radical (unpaired) electrons. The Morgan fingerprint density at radius 2 is 1.95 bits per heavy atom. The third kappa shape index (κ3) is 4.77. The van der Waals surface area contributed by atoms with E-state index in [1.165, 1.54) is 0 Å². The molecule has 1 saturated heterocycles. The predicted octanol–water partition coefficient (Wildman–Crippen LogP) is 2.96. The van der Waals surface area contributed by atoms with Crippen molar-refractivity contribution in [1.82, 2.24) is 9.80 Å². The van der Waals surface area contributed by atoms with Crippen LogP contribution >= 0.6 is 23.2 Å². The second-order valence-corrected chi connectivity index (χ2v) is 5.96. The molecule has 1 N–H and O–H groups in total. The van der Waals surface area contributed by atoms with Crippen molar-refractivity contribution >= 4 is 34.8 Å². The van der Waals surface area contributed by atoms with Crippen molar-refractivity contribution in [3.8, 4) is 0 Å². The fourth-order valence-corrected chi connectivity index (χ4v) is 2.77. The van der Waals surface area contributed by atoms with Gasteiger partial charge in [-0.2, -0.15) is 0 Å². The number of nitrogens with zero attached hydrogens (tertiary/aromatic N) is 2. The first kappa shape index (κ1) is 16.4. The van der Waals surface area contributed by atoms with Crippen molar-refractivity contribution in [2.24, 2.45) is 0 Å². The van der Waals surface area contributed by atoms with Crippen molar-refractivity contribution in [1.29, 1.82) is 0 Å². The van der Waals surface area contributed by atoms with Gasteiger partial charge in [0.05, 0.1) is 10.7 Å². The Balaban J connectivity index is 1.76. The van der Waals surface area contributed by atoms with Gasteiger partial charge in [0.1, 0.15) is 0 Å². The van der Waals surface area contributed by atoms with Gasteiger partial charge < -0.3 is 15.1 Å². The van der Waals surface area contributed by atoms with E-state index in [0.29, 0.717) is 23.0 Å². The number of nitrogens with one attached hydrogen (secondary N) is 1. The summed E-state index contributed by atoms with van der Waals surface area (Å²) in [5.74, 6) is 0.191. The molecule has 1 amide bonds. The van der Waals surface area contributed by atoms with Gasteiger partial charge >= 0.3 is 0 Å². The van der Waals surface area contributed by atoms with Crippen LogP contribution in [0.25, 0.3) is 0 Å². The summed E-state index contributed by atoms with van der Waals surface area (Å²) < 4.78 is 0. The number of halogens is 2. The molecule has 6 heteroatoms. The Hall–Kier alpha value is -0.970. The smallest absolute Gasteiger partial charge is 0.224 e. The summed E-state index contributed by atoms with van der Waals surface area (Å²) >= 11 is 12.0. The van der Waals surface area contributed by atoms with E-state index in [-0.39, 0.29) is 5.91 Å². The van der Waals surface area contributed by atoms with E-state index in [9.17, 15) is 4.79 Å². The Kier molecular flexibility index (Phi) is 6.15. The largest absolute Gasteiger partial charge is 0.383 e. The van der Waals surface area contributed by atoms with Crippen molar-refractivity contribution in [3.05, 3.63) is 28.2 Å². The molecule has 0 aromatic heterocycles. The second-order valence-electron chi connectivity index (χ2n) is 5.12.